The first-order chi connectivity index (χ1) is 11.8. The van der Waals surface area contributed by atoms with E-state index in [1.807, 2.05) is 38.1 Å². The monoisotopic (exact) mass is 348 g/mol. The number of anilines is 1. The molecule has 0 aromatic heterocycles. The summed E-state index contributed by atoms with van der Waals surface area (Å²) in [5.74, 6) is -0.715. The van der Waals surface area contributed by atoms with Crippen molar-refractivity contribution in [1.29, 1.82) is 0 Å². The van der Waals surface area contributed by atoms with Crippen LogP contribution in [0.25, 0.3) is 0 Å². The molecule has 0 aliphatic carbocycles. The van der Waals surface area contributed by atoms with E-state index in [0.29, 0.717) is 6.54 Å². The van der Waals surface area contributed by atoms with Crippen LogP contribution < -0.4 is 16.0 Å². The maximum atomic E-state index is 12.0. The minimum atomic E-state index is -0.603. The van der Waals surface area contributed by atoms with Crippen molar-refractivity contribution >= 4 is 23.4 Å². The summed E-state index contributed by atoms with van der Waals surface area (Å²) in [5.41, 5.74) is 1.83. The lowest BCUT2D eigenvalue weighted by Crippen LogP contribution is -2.48. The first kappa shape index (κ1) is 20.6. The van der Waals surface area contributed by atoms with Crippen molar-refractivity contribution in [3.05, 3.63) is 29.8 Å². The molecule has 0 heterocycles. The van der Waals surface area contributed by atoms with Crippen LogP contribution in [0.3, 0.4) is 0 Å². The Labute approximate surface area is 149 Å². The van der Waals surface area contributed by atoms with Crippen LogP contribution >= 0.6 is 0 Å². The number of hydrogen-bond acceptors (Lipinski definition) is 4. The zero-order valence-electron chi connectivity index (χ0n) is 15.4. The molecule has 0 bridgehead atoms. The van der Waals surface area contributed by atoms with E-state index in [4.69, 9.17) is 0 Å². The highest BCUT2D eigenvalue weighted by atomic mass is 16.2. The standard InChI is InChI=1S/C18H28N4O3/c1-5-10-19-18(25)14(3)20-16(23)11-22(4)12-17(24)21-15-8-6-13(2)7-9-15/h6-9,14H,5,10-12H2,1-4H3,(H,19,25)(H,20,23)(H,21,24)/t14-/m1/s1. The largest absolute Gasteiger partial charge is 0.354 e. The Morgan fingerprint density at radius 3 is 2.28 bits per heavy atom. The normalized spacial score (nSPS) is 11.7. The summed E-state index contributed by atoms with van der Waals surface area (Å²) in [6.07, 6.45) is 0.839. The van der Waals surface area contributed by atoms with Gasteiger partial charge in [0, 0.05) is 12.2 Å². The highest BCUT2D eigenvalue weighted by molar-refractivity contribution is 5.93. The van der Waals surface area contributed by atoms with Crippen molar-refractivity contribution in [3.8, 4) is 0 Å². The molecule has 1 aromatic carbocycles. The van der Waals surface area contributed by atoms with Gasteiger partial charge in [-0.15, -0.1) is 0 Å². The van der Waals surface area contributed by atoms with Crippen molar-refractivity contribution < 1.29 is 14.4 Å². The fraction of sp³-hybridized carbons (Fsp3) is 0.500. The lowest BCUT2D eigenvalue weighted by atomic mass is 10.2. The summed E-state index contributed by atoms with van der Waals surface area (Å²) >= 11 is 0. The van der Waals surface area contributed by atoms with Gasteiger partial charge in [0.25, 0.3) is 0 Å². The molecule has 0 fully saturated rings. The van der Waals surface area contributed by atoms with Gasteiger partial charge >= 0.3 is 0 Å². The molecule has 1 atom stereocenters. The summed E-state index contributed by atoms with van der Waals surface area (Å²) in [5, 5.41) is 8.13. The van der Waals surface area contributed by atoms with Gasteiger partial charge < -0.3 is 16.0 Å². The molecule has 138 valence electrons. The quantitative estimate of drug-likeness (QED) is 0.618. The number of hydrogen-bond donors (Lipinski definition) is 3. The molecular weight excluding hydrogens is 320 g/mol. The van der Waals surface area contributed by atoms with Gasteiger partial charge in [-0.1, -0.05) is 24.6 Å². The van der Waals surface area contributed by atoms with E-state index < -0.39 is 6.04 Å². The third kappa shape index (κ3) is 8.30. The van der Waals surface area contributed by atoms with Crippen LogP contribution in [0.4, 0.5) is 5.69 Å². The molecule has 25 heavy (non-hydrogen) atoms. The zero-order chi connectivity index (χ0) is 18.8. The number of benzene rings is 1. The second kappa shape index (κ2) is 10.5. The molecule has 0 spiro atoms. The van der Waals surface area contributed by atoms with Crippen LogP contribution in [-0.2, 0) is 14.4 Å². The Kier molecular flexibility index (Phi) is 8.63. The molecule has 3 N–H and O–H groups in total. The predicted molar refractivity (Wildman–Crippen MR) is 98.2 cm³/mol. The highest BCUT2D eigenvalue weighted by Crippen LogP contribution is 2.08. The Bertz CT molecular complexity index is 586. The molecule has 0 unspecified atom stereocenters. The van der Waals surface area contributed by atoms with Crippen molar-refractivity contribution in [2.24, 2.45) is 0 Å². The third-order valence-electron chi connectivity index (χ3n) is 3.48. The number of aryl methyl sites for hydroxylation is 1. The van der Waals surface area contributed by atoms with E-state index in [-0.39, 0.29) is 30.8 Å². The fourth-order valence-corrected chi connectivity index (χ4v) is 2.14. The first-order valence-corrected chi connectivity index (χ1v) is 8.44. The molecule has 1 rings (SSSR count). The average molecular weight is 348 g/mol. The van der Waals surface area contributed by atoms with Crippen LogP contribution in [0.5, 0.6) is 0 Å². The summed E-state index contributed by atoms with van der Waals surface area (Å²) in [6, 6.07) is 6.89. The third-order valence-corrected chi connectivity index (χ3v) is 3.48. The molecule has 0 aliphatic heterocycles. The maximum absolute atomic E-state index is 12.0. The Hall–Kier alpha value is -2.41. The number of carbonyl (C=O) groups excluding carboxylic acids is 3. The second-order valence-electron chi connectivity index (χ2n) is 6.17. The van der Waals surface area contributed by atoms with Crippen molar-refractivity contribution in [2.45, 2.75) is 33.2 Å². The number of likely N-dealkylation sites (N-methyl/N-ethyl adjacent to an activating group) is 1. The minimum absolute atomic E-state index is 0.0344. The molecule has 0 radical (unpaired) electrons. The number of rotatable bonds is 9. The molecule has 0 saturated carbocycles. The summed E-state index contributed by atoms with van der Waals surface area (Å²) in [7, 11) is 1.68. The second-order valence-corrected chi connectivity index (χ2v) is 6.17. The molecule has 3 amide bonds. The van der Waals surface area contributed by atoms with Gasteiger partial charge in [0.05, 0.1) is 13.1 Å². The summed E-state index contributed by atoms with van der Waals surface area (Å²) < 4.78 is 0. The van der Waals surface area contributed by atoms with Gasteiger partial charge in [-0.05, 0) is 39.4 Å². The van der Waals surface area contributed by atoms with Crippen LogP contribution in [-0.4, -0.2) is 55.3 Å². The van der Waals surface area contributed by atoms with Gasteiger partial charge in [-0.25, -0.2) is 0 Å². The van der Waals surface area contributed by atoms with Gasteiger partial charge in [0.2, 0.25) is 17.7 Å². The van der Waals surface area contributed by atoms with Crippen molar-refractivity contribution in [2.75, 3.05) is 32.0 Å². The van der Waals surface area contributed by atoms with Crippen LogP contribution in [0.15, 0.2) is 24.3 Å². The molecule has 0 saturated heterocycles. The highest BCUT2D eigenvalue weighted by Gasteiger charge is 2.17. The molecule has 0 aliphatic rings. The number of nitrogens with zero attached hydrogens (tertiary/aromatic N) is 1. The predicted octanol–water partition coefficient (Wildman–Crippen LogP) is 0.896. The first-order valence-electron chi connectivity index (χ1n) is 8.44. The van der Waals surface area contributed by atoms with Crippen LogP contribution in [0.1, 0.15) is 25.8 Å². The van der Waals surface area contributed by atoms with E-state index >= 15 is 0 Å². The zero-order valence-corrected chi connectivity index (χ0v) is 15.4. The van der Waals surface area contributed by atoms with Gasteiger partial charge in [0.15, 0.2) is 0 Å². The number of amides is 3. The van der Waals surface area contributed by atoms with E-state index in [1.54, 1.807) is 18.9 Å². The Morgan fingerprint density at radius 2 is 1.68 bits per heavy atom. The van der Waals surface area contributed by atoms with Gasteiger partial charge in [-0.3, -0.25) is 19.3 Å². The topological polar surface area (TPSA) is 90.5 Å². The molecular formula is C18H28N4O3. The lowest BCUT2D eigenvalue weighted by molar-refractivity contribution is -0.129. The molecule has 1 aromatic rings. The number of nitrogens with one attached hydrogen (secondary N) is 3. The van der Waals surface area contributed by atoms with Crippen LogP contribution in [0, 0.1) is 6.92 Å². The van der Waals surface area contributed by atoms with Gasteiger partial charge in [-0.2, -0.15) is 0 Å². The summed E-state index contributed by atoms with van der Waals surface area (Å²) in [4.78, 5) is 37.3. The fourth-order valence-electron chi connectivity index (χ4n) is 2.14. The smallest absolute Gasteiger partial charge is 0.242 e. The lowest BCUT2D eigenvalue weighted by Gasteiger charge is -2.18. The van der Waals surface area contributed by atoms with E-state index in [2.05, 4.69) is 16.0 Å². The Morgan fingerprint density at radius 1 is 1.08 bits per heavy atom. The molecule has 7 heteroatoms. The van der Waals surface area contributed by atoms with E-state index in [9.17, 15) is 14.4 Å². The Balaban J connectivity index is 2.35. The van der Waals surface area contributed by atoms with Crippen molar-refractivity contribution in [1.82, 2.24) is 15.5 Å². The van der Waals surface area contributed by atoms with E-state index in [1.165, 1.54) is 0 Å². The number of carbonyl (C=O) groups is 3. The minimum Gasteiger partial charge on any atom is -0.354 e. The summed E-state index contributed by atoms with van der Waals surface area (Å²) in [6.45, 7) is 6.26. The molecule has 7 nitrogen and oxygen atoms in total. The maximum Gasteiger partial charge on any atom is 0.242 e. The van der Waals surface area contributed by atoms with Crippen molar-refractivity contribution in [3.63, 3.8) is 0 Å². The SMILES string of the molecule is CCCNC(=O)[C@@H](C)NC(=O)CN(C)CC(=O)Nc1ccc(C)cc1. The average Bonchev–Trinajstić information content (AvgIpc) is 2.54. The van der Waals surface area contributed by atoms with Crippen LogP contribution in [0.2, 0.25) is 0 Å². The van der Waals surface area contributed by atoms with Gasteiger partial charge in [0.1, 0.15) is 6.04 Å². The van der Waals surface area contributed by atoms with E-state index in [0.717, 1.165) is 17.7 Å².